The SMILES string of the molecule is CC(C)CC(C)NC(=O)c1n[nH]c(C2CC2)c1N. The molecule has 2 rings (SSSR count). The lowest BCUT2D eigenvalue weighted by Crippen LogP contribution is -2.34. The van der Waals surface area contributed by atoms with Crippen molar-refractivity contribution < 1.29 is 4.79 Å². The Balaban J connectivity index is 2.00. The van der Waals surface area contributed by atoms with E-state index in [1.807, 2.05) is 6.92 Å². The topological polar surface area (TPSA) is 83.8 Å². The lowest BCUT2D eigenvalue weighted by molar-refractivity contribution is 0.0932. The van der Waals surface area contributed by atoms with Gasteiger partial charge >= 0.3 is 0 Å². The van der Waals surface area contributed by atoms with Crippen LogP contribution in [0.4, 0.5) is 5.69 Å². The molecule has 18 heavy (non-hydrogen) atoms. The Morgan fingerprint density at radius 2 is 2.17 bits per heavy atom. The highest BCUT2D eigenvalue weighted by Crippen LogP contribution is 2.42. The Bertz CT molecular complexity index is 434. The van der Waals surface area contributed by atoms with Crippen LogP contribution in [0.25, 0.3) is 0 Å². The van der Waals surface area contributed by atoms with E-state index < -0.39 is 0 Å². The average molecular weight is 250 g/mol. The van der Waals surface area contributed by atoms with Gasteiger partial charge in [-0.25, -0.2) is 0 Å². The molecule has 0 aromatic carbocycles. The average Bonchev–Trinajstić information content (AvgIpc) is 3.01. The van der Waals surface area contributed by atoms with Crippen LogP contribution in [0.2, 0.25) is 0 Å². The van der Waals surface area contributed by atoms with Gasteiger partial charge in [0.1, 0.15) is 0 Å². The van der Waals surface area contributed by atoms with Gasteiger partial charge in [0.05, 0.1) is 11.4 Å². The number of nitrogens with zero attached hydrogens (tertiary/aromatic N) is 1. The van der Waals surface area contributed by atoms with Gasteiger partial charge in [0.15, 0.2) is 5.69 Å². The fourth-order valence-corrected chi connectivity index (χ4v) is 2.28. The molecule has 5 nitrogen and oxygen atoms in total. The van der Waals surface area contributed by atoms with E-state index >= 15 is 0 Å². The number of rotatable bonds is 5. The molecular formula is C13H22N4O. The Kier molecular flexibility index (Phi) is 3.59. The van der Waals surface area contributed by atoms with Gasteiger partial charge in [0.2, 0.25) is 0 Å². The highest BCUT2D eigenvalue weighted by atomic mass is 16.2. The van der Waals surface area contributed by atoms with Gasteiger partial charge in [0.25, 0.3) is 5.91 Å². The van der Waals surface area contributed by atoms with Gasteiger partial charge in [-0.05, 0) is 32.1 Å². The molecule has 0 radical (unpaired) electrons. The molecule has 5 heteroatoms. The second-order valence-corrected chi connectivity index (χ2v) is 5.68. The molecule has 0 aliphatic heterocycles. The third-order valence-electron chi connectivity index (χ3n) is 3.24. The quantitative estimate of drug-likeness (QED) is 0.747. The summed E-state index contributed by atoms with van der Waals surface area (Å²) in [5.41, 5.74) is 7.76. The van der Waals surface area contributed by atoms with E-state index in [9.17, 15) is 4.79 Å². The van der Waals surface area contributed by atoms with Crippen molar-refractivity contribution in [2.24, 2.45) is 5.92 Å². The number of H-pyrrole nitrogens is 1. The predicted molar refractivity (Wildman–Crippen MR) is 71.4 cm³/mol. The maximum atomic E-state index is 12.0. The largest absolute Gasteiger partial charge is 0.395 e. The van der Waals surface area contributed by atoms with E-state index in [0.717, 1.165) is 25.0 Å². The van der Waals surface area contributed by atoms with Crippen LogP contribution in [0, 0.1) is 5.92 Å². The van der Waals surface area contributed by atoms with Gasteiger partial charge in [-0.1, -0.05) is 13.8 Å². The summed E-state index contributed by atoms with van der Waals surface area (Å²) in [5.74, 6) is 0.856. The van der Waals surface area contributed by atoms with Crippen LogP contribution in [-0.2, 0) is 0 Å². The summed E-state index contributed by atoms with van der Waals surface area (Å²) >= 11 is 0. The van der Waals surface area contributed by atoms with Gasteiger partial charge in [0, 0.05) is 12.0 Å². The van der Waals surface area contributed by atoms with Gasteiger partial charge in [-0.3, -0.25) is 9.89 Å². The van der Waals surface area contributed by atoms with Crippen molar-refractivity contribution in [3.05, 3.63) is 11.4 Å². The molecule has 1 fully saturated rings. The maximum absolute atomic E-state index is 12.0. The van der Waals surface area contributed by atoms with Crippen molar-refractivity contribution in [3.63, 3.8) is 0 Å². The molecule has 0 spiro atoms. The number of aromatic amines is 1. The summed E-state index contributed by atoms with van der Waals surface area (Å²) in [7, 11) is 0. The van der Waals surface area contributed by atoms with E-state index in [0.29, 0.717) is 23.2 Å². The Morgan fingerprint density at radius 1 is 1.50 bits per heavy atom. The number of carbonyl (C=O) groups excluding carboxylic acids is 1. The van der Waals surface area contributed by atoms with Crippen molar-refractivity contribution in [1.29, 1.82) is 0 Å². The molecule has 0 bridgehead atoms. The maximum Gasteiger partial charge on any atom is 0.274 e. The summed E-state index contributed by atoms with van der Waals surface area (Å²) in [6, 6.07) is 0.137. The van der Waals surface area contributed by atoms with Crippen LogP contribution in [-0.4, -0.2) is 22.1 Å². The number of nitrogens with one attached hydrogen (secondary N) is 2. The summed E-state index contributed by atoms with van der Waals surface area (Å²) in [6.07, 6.45) is 3.22. The standard InChI is InChI=1S/C13H22N4O/c1-7(2)6-8(3)15-13(18)12-10(14)11(16-17-12)9-4-5-9/h7-9H,4-6,14H2,1-3H3,(H,15,18)(H,16,17). The minimum absolute atomic E-state index is 0.137. The van der Waals surface area contributed by atoms with Crippen LogP contribution < -0.4 is 11.1 Å². The van der Waals surface area contributed by atoms with Crippen molar-refractivity contribution in [2.75, 3.05) is 5.73 Å². The second-order valence-electron chi connectivity index (χ2n) is 5.68. The van der Waals surface area contributed by atoms with Crippen molar-refractivity contribution in [2.45, 2.75) is 52.0 Å². The summed E-state index contributed by atoms with van der Waals surface area (Å²) < 4.78 is 0. The molecule has 4 N–H and O–H groups in total. The summed E-state index contributed by atoms with van der Waals surface area (Å²) in [4.78, 5) is 12.0. The lowest BCUT2D eigenvalue weighted by Gasteiger charge is -2.15. The van der Waals surface area contributed by atoms with Crippen LogP contribution >= 0.6 is 0 Å². The van der Waals surface area contributed by atoms with Crippen LogP contribution in [0.5, 0.6) is 0 Å². The first kappa shape index (κ1) is 12.9. The fourth-order valence-electron chi connectivity index (χ4n) is 2.28. The molecule has 1 unspecified atom stereocenters. The highest BCUT2D eigenvalue weighted by Gasteiger charge is 2.30. The van der Waals surface area contributed by atoms with Crippen molar-refractivity contribution >= 4 is 11.6 Å². The number of aromatic nitrogens is 2. The molecular weight excluding hydrogens is 228 g/mol. The number of anilines is 1. The van der Waals surface area contributed by atoms with Gasteiger partial charge in [-0.15, -0.1) is 0 Å². The number of hydrogen-bond acceptors (Lipinski definition) is 3. The zero-order valence-corrected chi connectivity index (χ0v) is 11.3. The summed E-state index contributed by atoms with van der Waals surface area (Å²) in [5, 5.41) is 9.88. The van der Waals surface area contributed by atoms with Gasteiger partial charge in [-0.2, -0.15) is 5.10 Å². The first-order valence-corrected chi connectivity index (χ1v) is 6.63. The third kappa shape index (κ3) is 2.83. The minimum Gasteiger partial charge on any atom is -0.395 e. The molecule has 1 amide bonds. The van der Waals surface area contributed by atoms with E-state index in [1.54, 1.807) is 0 Å². The van der Waals surface area contributed by atoms with E-state index in [1.165, 1.54) is 0 Å². The number of nitrogens with two attached hydrogens (primary N) is 1. The van der Waals surface area contributed by atoms with Crippen LogP contribution in [0.1, 0.15) is 62.1 Å². The molecule has 1 aliphatic carbocycles. The smallest absolute Gasteiger partial charge is 0.274 e. The first-order chi connectivity index (χ1) is 8.49. The molecule has 1 saturated carbocycles. The second kappa shape index (κ2) is 5.00. The molecule has 1 atom stereocenters. The van der Waals surface area contributed by atoms with E-state index in [2.05, 4.69) is 29.4 Å². The molecule has 0 saturated heterocycles. The number of hydrogen-bond donors (Lipinski definition) is 3. The minimum atomic E-state index is -0.177. The van der Waals surface area contributed by atoms with E-state index in [-0.39, 0.29) is 11.9 Å². The number of carbonyl (C=O) groups is 1. The van der Waals surface area contributed by atoms with Crippen LogP contribution in [0.3, 0.4) is 0 Å². The Labute approximate surface area is 108 Å². The molecule has 1 aliphatic rings. The Morgan fingerprint density at radius 3 is 2.72 bits per heavy atom. The lowest BCUT2D eigenvalue weighted by atomic mass is 10.1. The fraction of sp³-hybridized carbons (Fsp3) is 0.692. The van der Waals surface area contributed by atoms with Crippen molar-refractivity contribution in [1.82, 2.24) is 15.5 Å². The Hall–Kier alpha value is -1.52. The third-order valence-corrected chi connectivity index (χ3v) is 3.24. The zero-order valence-electron chi connectivity index (χ0n) is 11.3. The predicted octanol–water partition coefficient (Wildman–Crippen LogP) is 2.03. The molecule has 1 aromatic rings. The number of nitrogen functional groups attached to an aromatic ring is 1. The first-order valence-electron chi connectivity index (χ1n) is 6.63. The zero-order chi connectivity index (χ0) is 13.3. The highest BCUT2D eigenvalue weighted by molar-refractivity contribution is 5.97. The van der Waals surface area contributed by atoms with Gasteiger partial charge < -0.3 is 11.1 Å². The van der Waals surface area contributed by atoms with E-state index in [4.69, 9.17) is 5.73 Å². The molecule has 100 valence electrons. The normalized spacial score (nSPS) is 16.9. The molecule has 1 heterocycles. The van der Waals surface area contributed by atoms with Crippen LogP contribution in [0.15, 0.2) is 0 Å². The monoisotopic (exact) mass is 250 g/mol. The molecule has 1 aromatic heterocycles. The summed E-state index contributed by atoms with van der Waals surface area (Å²) in [6.45, 7) is 6.27. The van der Waals surface area contributed by atoms with Crippen molar-refractivity contribution in [3.8, 4) is 0 Å². The number of amides is 1.